The first-order chi connectivity index (χ1) is 12.6. The van der Waals surface area contributed by atoms with Crippen LogP contribution >= 0.6 is 0 Å². The first-order valence-electron chi connectivity index (χ1n) is 10.4. The van der Waals surface area contributed by atoms with Crippen molar-refractivity contribution in [2.24, 2.45) is 11.3 Å². The van der Waals surface area contributed by atoms with Gasteiger partial charge in [0, 0.05) is 38.5 Å². The highest BCUT2D eigenvalue weighted by Gasteiger charge is 2.52. The Bertz CT molecular complexity index is 571. The number of carbonyl (C=O) groups excluding carboxylic acids is 3. The lowest BCUT2D eigenvalue weighted by Crippen LogP contribution is -2.53. The first-order valence-corrected chi connectivity index (χ1v) is 10.4. The first kappa shape index (κ1) is 18.0. The van der Waals surface area contributed by atoms with Gasteiger partial charge in [-0.2, -0.15) is 0 Å². The molecule has 0 bridgehead atoms. The Kier molecular flexibility index (Phi) is 5.04. The van der Waals surface area contributed by atoms with Crippen LogP contribution in [-0.4, -0.2) is 65.3 Å². The smallest absolute Gasteiger partial charge is 0.237 e. The highest BCUT2D eigenvalue weighted by Crippen LogP contribution is 2.46. The van der Waals surface area contributed by atoms with Crippen LogP contribution in [0.5, 0.6) is 0 Å². The van der Waals surface area contributed by atoms with Gasteiger partial charge in [0.2, 0.25) is 17.7 Å². The van der Waals surface area contributed by atoms with Gasteiger partial charge in [-0.25, -0.2) is 0 Å². The van der Waals surface area contributed by atoms with Crippen molar-refractivity contribution in [1.29, 1.82) is 0 Å². The van der Waals surface area contributed by atoms with Crippen molar-refractivity contribution in [2.75, 3.05) is 32.8 Å². The molecule has 0 N–H and O–H groups in total. The zero-order valence-electron chi connectivity index (χ0n) is 15.8. The van der Waals surface area contributed by atoms with E-state index in [1.807, 2.05) is 4.90 Å². The zero-order valence-corrected chi connectivity index (χ0v) is 15.8. The van der Waals surface area contributed by atoms with E-state index in [0.29, 0.717) is 19.0 Å². The summed E-state index contributed by atoms with van der Waals surface area (Å²) in [4.78, 5) is 43.5. The zero-order chi connectivity index (χ0) is 18.1. The van der Waals surface area contributed by atoms with Gasteiger partial charge in [0.05, 0.1) is 12.1 Å². The molecule has 1 spiro atoms. The summed E-state index contributed by atoms with van der Waals surface area (Å²) in [5, 5.41) is 0. The van der Waals surface area contributed by atoms with E-state index < -0.39 is 0 Å². The van der Waals surface area contributed by atoms with Crippen LogP contribution in [0, 0.1) is 11.3 Å². The maximum atomic E-state index is 12.8. The summed E-state index contributed by atoms with van der Waals surface area (Å²) in [6.45, 7) is 3.35. The minimum absolute atomic E-state index is 0.00221. The van der Waals surface area contributed by atoms with Gasteiger partial charge in [-0.3, -0.25) is 24.2 Å². The predicted molar refractivity (Wildman–Crippen MR) is 97.0 cm³/mol. The second-order valence-corrected chi connectivity index (χ2v) is 8.71. The number of piperazine rings is 1. The van der Waals surface area contributed by atoms with Gasteiger partial charge in [0.15, 0.2) is 0 Å². The number of carbonyl (C=O) groups is 3. The summed E-state index contributed by atoms with van der Waals surface area (Å²) in [6, 6.07) is 0. The van der Waals surface area contributed by atoms with E-state index in [1.165, 1.54) is 24.2 Å². The third-order valence-electron chi connectivity index (χ3n) is 7.03. The van der Waals surface area contributed by atoms with Gasteiger partial charge < -0.3 is 4.90 Å². The minimum Gasteiger partial charge on any atom is -0.340 e. The standard InChI is InChI=1S/C20H31N3O3/c24-17-14-20(8-4-5-9-20)19(26)23(17)15-21-10-12-22(13-11-21)18(25)16-6-2-1-3-7-16/h16H,1-15H2. The molecule has 3 amide bonds. The van der Waals surface area contributed by atoms with E-state index >= 15 is 0 Å². The van der Waals surface area contributed by atoms with Crippen molar-refractivity contribution >= 4 is 17.7 Å². The van der Waals surface area contributed by atoms with E-state index in [1.54, 1.807) is 0 Å². The van der Waals surface area contributed by atoms with Crippen LogP contribution in [0.2, 0.25) is 0 Å². The van der Waals surface area contributed by atoms with Crippen LogP contribution in [0.25, 0.3) is 0 Å². The number of hydrogen-bond donors (Lipinski definition) is 0. The summed E-state index contributed by atoms with van der Waals surface area (Å²) >= 11 is 0. The number of amides is 3. The minimum atomic E-state index is -0.379. The molecular formula is C20H31N3O3. The van der Waals surface area contributed by atoms with E-state index in [9.17, 15) is 14.4 Å². The average molecular weight is 361 g/mol. The van der Waals surface area contributed by atoms with E-state index in [-0.39, 0.29) is 23.1 Å². The molecule has 0 aromatic carbocycles. The molecule has 2 aliphatic heterocycles. The van der Waals surface area contributed by atoms with Crippen molar-refractivity contribution in [3.63, 3.8) is 0 Å². The fraction of sp³-hybridized carbons (Fsp3) is 0.850. The summed E-state index contributed by atoms with van der Waals surface area (Å²) in [5.41, 5.74) is -0.379. The summed E-state index contributed by atoms with van der Waals surface area (Å²) in [6.07, 6.45) is 9.98. The lowest BCUT2D eigenvalue weighted by Gasteiger charge is -2.38. The molecular weight excluding hydrogens is 330 g/mol. The van der Waals surface area contributed by atoms with E-state index in [4.69, 9.17) is 0 Å². The molecule has 4 fully saturated rings. The highest BCUT2D eigenvalue weighted by molar-refractivity contribution is 6.06. The summed E-state index contributed by atoms with van der Waals surface area (Å²) < 4.78 is 0. The summed E-state index contributed by atoms with van der Waals surface area (Å²) in [7, 11) is 0. The second kappa shape index (κ2) is 7.29. The molecule has 6 nitrogen and oxygen atoms in total. The lowest BCUT2D eigenvalue weighted by molar-refractivity contribution is -0.146. The Labute approximate surface area is 155 Å². The van der Waals surface area contributed by atoms with E-state index in [2.05, 4.69) is 4.90 Å². The van der Waals surface area contributed by atoms with Gasteiger partial charge in [0.1, 0.15) is 0 Å². The Hall–Kier alpha value is -1.43. The number of likely N-dealkylation sites (tertiary alicyclic amines) is 1. The van der Waals surface area contributed by atoms with Crippen LogP contribution in [0.4, 0.5) is 0 Å². The molecule has 2 saturated carbocycles. The molecule has 144 valence electrons. The maximum absolute atomic E-state index is 12.8. The van der Waals surface area contributed by atoms with Gasteiger partial charge in [-0.05, 0) is 25.7 Å². The Morgan fingerprint density at radius 3 is 2.23 bits per heavy atom. The molecule has 0 aromatic heterocycles. The van der Waals surface area contributed by atoms with Gasteiger partial charge in [0.25, 0.3) is 0 Å². The number of hydrogen-bond acceptors (Lipinski definition) is 4. The highest BCUT2D eigenvalue weighted by atomic mass is 16.2. The third-order valence-corrected chi connectivity index (χ3v) is 7.03. The Morgan fingerprint density at radius 1 is 0.923 bits per heavy atom. The fourth-order valence-electron chi connectivity index (χ4n) is 5.36. The van der Waals surface area contributed by atoms with Gasteiger partial charge in [-0.15, -0.1) is 0 Å². The number of rotatable bonds is 3. The molecule has 0 aromatic rings. The molecule has 0 radical (unpaired) electrons. The number of nitrogens with zero attached hydrogens (tertiary/aromatic N) is 3. The molecule has 2 saturated heterocycles. The molecule has 0 atom stereocenters. The molecule has 0 unspecified atom stereocenters. The van der Waals surface area contributed by atoms with Crippen molar-refractivity contribution < 1.29 is 14.4 Å². The average Bonchev–Trinajstić information content (AvgIpc) is 3.23. The van der Waals surface area contributed by atoms with Gasteiger partial charge in [-0.1, -0.05) is 32.1 Å². The molecule has 4 aliphatic rings. The van der Waals surface area contributed by atoms with Crippen LogP contribution in [0.3, 0.4) is 0 Å². The summed E-state index contributed by atoms with van der Waals surface area (Å²) in [5.74, 6) is 0.597. The second-order valence-electron chi connectivity index (χ2n) is 8.71. The normalized spacial score (nSPS) is 27.7. The van der Waals surface area contributed by atoms with Crippen molar-refractivity contribution in [2.45, 2.75) is 64.2 Å². The Balaban J connectivity index is 1.29. The van der Waals surface area contributed by atoms with Crippen molar-refractivity contribution in [3.8, 4) is 0 Å². The topological polar surface area (TPSA) is 60.9 Å². The predicted octanol–water partition coefficient (Wildman–Crippen LogP) is 1.99. The molecule has 2 heterocycles. The van der Waals surface area contributed by atoms with Crippen LogP contribution in [-0.2, 0) is 14.4 Å². The monoisotopic (exact) mass is 361 g/mol. The third kappa shape index (κ3) is 3.28. The molecule has 6 heteroatoms. The van der Waals surface area contributed by atoms with E-state index in [0.717, 1.165) is 64.7 Å². The van der Waals surface area contributed by atoms with Crippen LogP contribution in [0.15, 0.2) is 0 Å². The molecule has 4 rings (SSSR count). The maximum Gasteiger partial charge on any atom is 0.237 e. The van der Waals surface area contributed by atoms with Crippen LogP contribution < -0.4 is 0 Å². The SMILES string of the molecule is O=C(C1CCCCC1)N1CCN(CN2C(=O)CC3(CCCC3)C2=O)CC1. The van der Waals surface area contributed by atoms with Crippen molar-refractivity contribution in [1.82, 2.24) is 14.7 Å². The van der Waals surface area contributed by atoms with Crippen molar-refractivity contribution in [3.05, 3.63) is 0 Å². The largest absolute Gasteiger partial charge is 0.340 e. The quantitative estimate of drug-likeness (QED) is 0.721. The lowest BCUT2D eigenvalue weighted by atomic mass is 9.85. The molecule has 2 aliphatic carbocycles. The van der Waals surface area contributed by atoms with Crippen LogP contribution in [0.1, 0.15) is 64.2 Å². The fourth-order valence-corrected chi connectivity index (χ4v) is 5.36. The van der Waals surface area contributed by atoms with Gasteiger partial charge >= 0.3 is 0 Å². The Morgan fingerprint density at radius 2 is 1.58 bits per heavy atom. The number of imide groups is 1. The molecule has 26 heavy (non-hydrogen) atoms.